The zero-order chi connectivity index (χ0) is 13.2. The number of carbonyl (C=O) groups is 1. The molecule has 0 saturated heterocycles. The number of hydrogen-bond donors (Lipinski definition) is 1. The van der Waals surface area contributed by atoms with E-state index in [0.717, 1.165) is 19.3 Å². The van der Waals surface area contributed by atoms with Gasteiger partial charge in [-0.2, -0.15) is 5.10 Å². The fraction of sp³-hybridized carbons (Fsp3) is 0.333. The number of hydrogen-bond acceptors (Lipinski definition) is 2. The second-order valence-corrected chi connectivity index (χ2v) is 5.01. The first-order valence-electron chi connectivity index (χ1n) is 6.61. The highest BCUT2D eigenvalue weighted by Gasteiger charge is 2.27. The van der Waals surface area contributed by atoms with Crippen LogP contribution in [0.15, 0.2) is 36.7 Å². The summed E-state index contributed by atoms with van der Waals surface area (Å²) >= 11 is 0. The van der Waals surface area contributed by atoms with E-state index in [0.29, 0.717) is 5.56 Å². The van der Waals surface area contributed by atoms with Crippen LogP contribution in [0.2, 0.25) is 0 Å². The molecule has 1 aromatic carbocycles. The molecule has 4 heteroatoms. The fourth-order valence-electron chi connectivity index (χ4n) is 2.84. The Bertz CT molecular complexity index is 577. The average Bonchev–Trinajstić information content (AvgIpc) is 2.99. The van der Waals surface area contributed by atoms with Crippen LogP contribution in [0.1, 0.15) is 40.4 Å². The Morgan fingerprint density at radius 2 is 2.26 bits per heavy atom. The lowest BCUT2D eigenvalue weighted by molar-refractivity contribution is 0.0715. The number of H-pyrrole nitrogens is 1. The van der Waals surface area contributed by atoms with Crippen molar-refractivity contribution in [2.45, 2.75) is 25.3 Å². The number of rotatable bonds is 2. The first-order chi connectivity index (χ1) is 9.27. The molecule has 1 aromatic heterocycles. The van der Waals surface area contributed by atoms with E-state index >= 15 is 0 Å². The molecule has 98 valence electrons. The van der Waals surface area contributed by atoms with Gasteiger partial charge in [0.25, 0.3) is 5.91 Å². The number of nitrogens with zero attached hydrogens (tertiary/aromatic N) is 2. The maximum atomic E-state index is 12.4. The molecule has 1 amide bonds. The van der Waals surface area contributed by atoms with Crippen molar-refractivity contribution in [1.29, 1.82) is 0 Å². The van der Waals surface area contributed by atoms with Crippen LogP contribution in [-0.2, 0) is 6.42 Å². The summed E-state index contributed by atoms with van der Waals surface area (Å²) < 4.78 is 0. The smallest absolute Gasteiger partial charge is 0.257 e. The molecule has 0 saturated carbocycles. The second-order valence-electron chi connectivity index (χ2n) is 5.01. The molecule has 0 spiro atoms. The van der Waals surface area contributed by atoms with Gasteiger partial charge >= 0.3 is 0 Å². The summed E-state index contributed by atoms with van der Waals surface area (Å²) in [7, 11) is 1.88. The van der Waals surface area contributed by atoms with Crippen LogP contribution < -0.4 is 0 Å². The maximum absolute atomic E-state index is 12.4. The van der Waals surface area contributed by atoms with Crippen LogP contribution >= 0.6 is 0 Å². The zero-order valence-electron chi connectivity index (χ0n) is 11.0. The van der Waals surface area contributed by atoms with Crippen LogP contribution in [0.3, 0.4) is 0 Å². The van der Waals surface area contributed by atoms with E-state index in [1.807, 2.05) is 18.0 Å². The molecular weight excluding hydrogens is 238 g/mol. The lowest BCUT2D eigenvalue weighted by Crippen LogP contribution is -2.33. The molecule has 1 aliphatic rings. The molecule has 0 aliphatic heterocycles. The van der Waals surface area contributed by atoms with Gasteiger partial charge in [-0.25, -0.2) is 0 Å². The van der Waals surface area contributed by atoms with Crippen LogP contribution in [0.25, 0.3) is 0 Å². The molecule has 0 radical (unpaired) electrons. The number of aromatic nitrogens is 2. The molecule has 2 aromatic rings. The molecule has 4 nitrogen and oxygen atoms in total. The number of nitrogens with one attached hydrogen (secondary N) is 1. The van der Waals surface area contributed by atoms with E-state index in [1.165, 1.54) is 11.1 Å². The number of amides is 1. The number of fused-ring (bicyclic) bond motifs is 1. The third-order valence-corrected chi connectivity index (χ3v) is 3.87. The van der Waals surface area contributed by atoms with Crippen LogP contribution in [-0.4, -0.2) is 28.1 Å². The van der Waals surface area contributed by atoms with Crippen molar-refractivity contribution in [3.05, 3.63) is 53.3 Å². The standard InChI is InChI=1S/C15H17N3O/c1-18(15(19)12-9-16-17-10-12)14-8-4-6-11-5-2-3-7-13(11)14/h2-3,5,7,9-10,14H,4,6,8H2,1H3,(H,16,17). The Morgan fingerprint density at radius 3 is 3.05 bits per heavy atom. The van der Waals surface area contributed by atoms with Crippen LogP contribution in [0, 0.1) is 0 Å². The summed E-state index contributed by atoms with van der Waals surface area (Å²) in [5.41, 5.74) is 3.27. The summed E-state index contributed by atoms with van der Waals surface area (Å²) in [5, 5.41) is 6.53. The van der Waals surface area contributed by atoms with Gasteiger partial charge in [-0.1, -0.05) is 24.3 Å². The minimum Gasteiger partial charge on any atom is -0.335 e. The maximum Gasteiger partial charge on any atom is 0.257 e. The van der Waals surface area contributed by atoms with E-state index in [9.17, 15) is 4.79 Å². The van der Waals surface area contributed by atoms with Crippen molar-refractivity contribution in [1.82, 2.24) is 15.1 Å². The van der Waals surface area contributed by atoms with Crippen LogP contribution in [0.4, 0.5) is 0 Å². The lowest BCUT2D eigenvalue weighted by atomic mass is 9.87. The molecule has 3 rings (SSSR count). The van der Waals surface area contributed by atoms with E-state index in [4.69, 9.17) is 0 Å². The Hall–Kier alpha value is -2.10. The summed E-state index contributed by atoms with van der Waals surface area (Å²) in [5.74, 6) is 0.0236. The fourth-order valence-corrected chi connectivity index (χ4v) is 2.84. The summed E-state index contributed by atoms with van der Waals surface area (Å²) in [6.45, 7) is 0. The summed E-state index contributed by atoms with van der Waals surface area (Å²) in [4.78, 5) is 14.2. The predicted octanol–water partition coefficient (Wildman–Crippen LogP) is 2.56. The molecule has 0 fully saturated rings. The molecular formula is C15H17N3O. The van der Waals surface area contributed by atoms with Crippen molar-refractivity contribution in [2.24, 2.45) is 0 Å². The first kappa shape index (κ1) is 12.0. The van der Waals surface area contributed by atoms with Gasteiger partial charge in [0.15, 0.2) is 0 Å². The Kier molecular flexibility index (Phi) is 3.07. The van der Waals surface area contributed by atoms with Gasteiger partial charge in [0.2, 0.25) is 0 Å². The third-order valence-electron chi connectivity index (χ3n) is 3.87. The molecule has 0 bridgehead atoms. The van der Waals surface area contributed by atoms with E-state index in [2.05, 4.69) is 28.4 Å². The third kappa shape index (κ3) is 2.14. The molecule has 1 N–H and O–H groups in total. The SMILES string of the molecule is CN(C(=O)c1cn[nH]c1)C1CCCc2ccccc21. The molecule has 19 heavy (non-hydrogen) atoms. The molecule has 1 atom stereocenters. The van der Waals surface area contributed by atoms with E-state index in [-0.39, 0.29) is 11.9 Å². The largest absolute Gasteiger partial charge is 0.335 e. The Balaban J connectivity index is 1.89. The highest BCUT2D eigenvalue weighted by atomic mass is 16.2. The van der Waals surface area contributed by atoms with Crippen molar-refractivity contribution >= 4 is 5.91 Å². The number of aromatic amines is 1. The van der Waals surface area contributed by atoms with Gasteiger partial charge < -0.3 is 4.90 Å². The monoisotopic (exact) mass is 255 g/mol. The van der Waals surface area contributed by atoms with Gasteiger partial charge in [-0.15, -0.1) is 0 Å². The quantitative estimate of drug-likeness (QED) is 0.896. The van der Waals surface area contributed by atoms with Gasteiger partial charge in [0.05, 0.1) is 17.8 Å². The topological polar surface area (TPSA) is 49.0 Å². The summed E-state index contributed by atoms with van der Waals surface area (Å²) in [6.07, 6.45) is 6.49. The Morgan fingerprint density at radius 1 is 1.42 bits per heavy atom. The zero-order valence-corrected chi connectivity index (χ0v) is 11.0. The lowest BCUT2D eigenvalue weighted by Gasteiger charge is -2.33. The van der Waals surface area contributed by atoms with Crippen LogP contribution in [0.5, 0.6) is 0 Å². The molecule has 1 heterocycles. The average molecular weight is 255 g/mol. The minimum atomic E-state index is 0.0236. The minimum absolute atomic E-state index is 0.0236. The van der Waals surface area contributed by atoms with Gasteiger partial charge in [-0.05, 0) is 30.4 Å². The van der Waals surface area contributed by atoms with E-state index in [1.54, 1.807) is 12.4 Å². The highest BCUT2D eigenvalue weighted by molar-refractivity contribution is 5.93. The normalized spacial score (nSPS) is 17.8. The van der Waals surface area contributed by atoms with E-state index < -0.39 is 0 Å². The molecule has 1 unspecified atom stereocenters. The van der Waals surface area contributed by atoms with Crippen molar-refractivity contribution in [3.8, 4) is 0 Å². The number of benzene rings is 1. The molecule has 1 aliphatic carbocycles. The van der Waals surface area contributed by atoms with Crippen molar-refractivity contribution < 1.29 is 4.79 Å². The Labute approximate surface area is 112 Å². The van der Waals surface area contributed by atoms with Gasteiger partial charge in [-0.3, -0.25) is 9.89 Å². The van der Waals surface area contributed by atoms with Gasteiger partial charge in [0.1, 0.15) is 0 Å². The number of carbonyl (C=O) groups excluding carboxylic acids is 1. The van der Waals surface area contributed by atoms with Gasteiger partial charge in [0, 0.05) is 13.2 Å². The number of aryl methyl sites for hydroxylation is 1. The first-order valence-corrected chi connectivity index (χ1v) is 6.61. The second kappa shape index (κ2) is 4.88. The highest BCUT2D eigenvalue weighted by Crippen LogP contribution is 2.33. The predicted molar refractivity (Wildman–Crippen MR) is 72.8 cm³/mol. The summed E-state index contributed by atoms with van der Waals surface area (Å²) in [6, 6.07) is 8.59. The van der Waals surface area contributed by atoms with Crippen molar-refractivity contribution in [2.75, 3.05) is 7.05 Å². The van der Waals surface area contributed by atoms with Crippen molar-refractivity contribution in [3.63, 3.8) is 0 Å².